The van der Waals surface area contributed by atoms with Crippen molar-refractivity contribution >= 4 is 5.97 Å². The van der Waals surface area contributed by atoms with E-state index in [1.165, 1.54) is 0 Å². The molecule has 0 aliphatic heterocycles. The zero-order chi connectivity index (χ0) is 11.7. The summed E-state index contributed by atoms with van der Waals surface area (Å²) in [5.74, 6) is -1.04. The Labute approximate surface area is 89.6 Å². The van der Waals surface area contributed by atoms with E-state index in [0.29, 0.717) is 6.61 Å². The molecular formula is C10H18O5. The minimum absolute atomic E-state index is 0.0127. The molecule has 0 aliphatic carbocycles. The molecule has 0 aromatic carbocycles. The predicted molar refractivity (Wildman–Crippen MR) is 54.4 cm³/mol. The first kappa shape index (κ1) is 13.8. The van der Waals surface area contributed by atoms with Gasteiger partial charge in [-0.25, -0.2) is 4.79 Å². The third-order valence-electron chi connectivity index (χ3n) is 1.51. The summed E-state index contributed by atoms with van der Waals surface area (Å²) in [5.41, 5.74) is 0.0144. The molecule has 0 saturated heterocycles. The van der Waals surface area contributed by atoms with E-state index in [1.807, 2.05) is 0 Å². The Morgan fingerprint density at radius 2 is 1.67 bits per heavy atom. The highest BCUT2D eigenvalue weighted by Crippen LogP contribution is 2.07. The predicted octanol–water partition coefficient (Wildman–Crippen LogP) is 1.39. The summed E-state index contributed by atoms with van der Waals surface area (Å²) in [6.45, 7) is 6.15. The average molecular weight is 218 g/mol. The van der Waals surface area contributed by atoms with Gasteiger partial charge in [0, 0.05) is 6.61 Å². The molecule has 1 N–H and O–H groups in total. The average Bonchev–Trinajstić information content (AvgIpc) is 2.19. The molecule has 88 valence electrons. The molecule has 5 nitrogen and oxygen atoms in total. The number of aliphatic hydroxyl groups is 1. The largest absolute Gasteiger partial charge is 0.481 e. The monoisotopic (exact) mass is 218 g/mol. The molecule has 0 aromatic heterocycles. The van der Waals surface area contributed by atoms with Crippen LogP contribution in [0.5, 0.6) is 0 Å². The van der Waals surface area contributed by atoms with Gasteiger partial charge in [-0.3, -0.25) is 0 Å². The van der Waals surface area contributed by atoms with Crippen LogP contribution in [0.15, 0.2) is 11.5 Å². The first-order chi connectivity index (χ1) is 7.17. The number of carbonyl (C=O) groups excluding carboxylic acids is 1. The summed E-state index contributed by atoms with van der Waals surface area (Å²) in [7, 11) is 0. The first-order valence-electron chi connectivity index (χ1n) is 4.97. The molecule has 0 radical (unpaired) electrons. The normalized spacial score (nSPS) is 11.9. The van der Waals surface area contributed by atoms with Crippen molar-refractivity contribution in [1.29, 1.82) is 0 Å². The summed E-state index contributed by atoms with van der Waals surface area (Å²) in [6.07, 6.45) is 0. The smallest absolute Gasteiger partial charge is 0.343 e. The van der Waals surface area contributed by atoms with E-state index in [1.54, 1.807) is 20.8 Å². The lowest BCUT2D eigenvalue weighted by molar-refractivity contribution is -0.140. The Hall–Kier alpha value is -1.23. The molecule has 15 heavy (non-hydrogen) atoms. The SMILES string of the molecule is CCOCC(C(=O)OCC)=C(O)OCC. The van der Waals surface area contributed by atoms with Crippen LogP contribution < -0.4 is 0 Å². The van der Waals surface area contributed by atoms with Gasteiger partial charge in [0.15, 0.2) is 0 Å². The topological polar surface area (TPSA) is 65.0 Å². The van der Waals surface area contributed by atoms with E-state index in [9.17, 15) is 9.90 Å². The third kappa shape index (κ3) is 5.27. The van der Waals surface area contributed by atoms with Crippen LogP contribution in [-0.4, -0.2) is 37.5 Å². The van der Waals surface area contributed by atoms with Gasteiger partial charge in [0.25, 0.3) is 5.95 Å². The van der Waals surface area contributed by atoms with Crippen molar-refractivity contribution in [3.8, 4) is 0 Å². The van der Waals surface area contributed by atoms with Crippen molar-refractivity contribution in [1.82, 2.24) is 0 Å². The van der Waals surface area contributed by atoms with Crippen LogP contribution >= 0.6 is 0 Å². The van der Waals surface area contributed by atoms with Gasteiger partial charge in [-0.2, -0.15) is 0 Å². The van der Waals surface area contributed by atoms with Gasteiger partial charge in [0.1, 0.15) is 5.57 Å². The minimum Gasteiger partial charge on any atom is -0.481 e. The molecule has 0 heterocycles. The maximum atomic E-state index is 11.4. The molecule has 0 saturated carbocycles. The number of aliphatic hydroxyl groups excluding tert-OH is 1. The second kappa shape index (κ2) is 8.11. The molecule has 0 fully saturated rings. The molecule has 0 atom stereocenters. The van der Waals surface area contributed by atoms with Gasteiger partial charge in [0.2, 0.25) is 0 Å². The number of hydrogen-bond acceptors (Lipinski definition) is 5. The summed E-state index contributed by atoms with van der Waals surface area (Å²) in [4.78, 5) is 11.4. The van der Waals surface area contributed by atoms with Gasteiger partial charge in [-0.1, -0.05) is 0 Å². The second-order valence-corrected chi connectivity index (χ2v) is 2.57. The zero-order valence-corrected chi connectivity index (χ0v) is 9.41. The van der Waals surface area contributed by atoms with E-state index < -0.39 is 11.9 Å². The van der Waals surface area contributed by atoms with Crippen LogP contribution in [-0.2, 0) is 19.0 Å². The van der Waals surface area contributed by atoms with Crippen LogP contribution in [0.25, 0.3) is 0 Å². The molecule has 5 heteroatoms. The molecule has 0 spiro atoms. The molecule has 0 bridgehead atoms. The lowest BCUT2D eigenvalue weighted by Gasteiger charge is -2.09. The van der Waals surface area contributed by atoms with Crippen molar-refractivity contribution in [2.24, 2.45) is 0 Å². The Balaban J connectivity index is 4.54. The van der Waals surface area contributed by atoms with Crippen molar-refractivity contribution < 1.29 is 24.1 Å². The lowest BCUT2D eigenvalue weighted by Crippen LogP contribution is -2.16. The highest BCUT2D eigenvalue weighted by atomic mass is 16.6. The Bertz CT molecular complexity index is 222. The van der Waals surface area contributed by atoms with E-state index in [2.05, 4.69) is 0 Å². The van der Waals surface area contributed by atoms with Crippen LogP contribution in [0.2, 0.25) is 0 Å². The number of esters is 1. The van der Waals surface area contributed by atoms with Crippen molar-refractivity contribution in [2.45, 2.75) is 20.8 Å². The second-order valence-electron chi connectivity index (χ2n) is 2.57. The van der Waals surface area contributed by atoms with Gasteiger partial charge >= 0.3 is 5.97 Å². The van der Waals surface area contributed by atoms with Crippen molar-refractivity contribution in [3.05, 3.63) is 11.5 Å². The van der Waals surface area contributed by atoms with Gasteiger partial charge in [-0.15, -0.1) is 0 Å². The quantitative estimate of drug-likeness (QED) is 0.397. The summed E-state index contributed by atoms with van der Waals surface area (Å²) in [5, 5.41) is 9.41. The van der Waals surface area contributed by atoms with Gasteiger partial charge in [-0.05, 0) is 20.8 Å². The van der Waals surface area contributed by atoms with Crippen LogP contribution in [0.1, 0.15) is 20.8 Å². The standard InChI is InChI=1S/C10H18O5/c1-4-13-7-8(9(11)14-5-2)10(12)15-6-3/h11H,4-7H2,1-3H3. The van der Waals surface area contributed by atoms with Crippen LogP contribution in [0, 0.1) is 0 Å². The molecular weight excluding hydrogens is 200 g/mol. The zero-order valence-electron chi connectivity index (χ0n) is 9.41. The van der Waals surface area contributed by atoms with Crippen molar-refractivity contribution in [2.75, 3.05) is 26.4 Å². The van der Waals surface area contributed by atoms with Gasteiger partial charge < -0.3 is 19.3 Å². The fraction of sp³-hybridized carbons (Fsp3) is 0.700. The summed E-state index contributed by atoms with van der Waals surface area (Å²) >= 11 is 0. The molecule has 0 aromatic rings. The van der Waals surface area contributed by atoms with Gasteiger partial charge in [0.05, 0.1) is 19.8 Å². The van der Waals surface area contributed by atoms with Crippen molar-refractivity contribution in [3.63, 3.8) is 0 Å². The number of rotatable bonds is 7. The van der Waals surface area contributed by atoms with Crippen LogP contribution in [0.4, 0.5) is 0 Å². The molecule has 0 rings (SSSR count). The molecule has 0 amide bonds. The van der Waals surface area contributed by atoms with E-state index in [0.717, 1.165) is 0 Å². The number of ether oxygens (including phenoxy) is 3. The highest BCUT2D eigenvalue weighted by molar-refractivity contribution is 5.88. The number of hydrogen-bond donors (Lipinski definition) is 1. The fourth-order valence-corrected chi connectivity index (χ4v) is 0.854. The summed E-state index contributed by atoms with van der Waals surface area (Å²) in [6, 6.07) is 0. The van der Waals surface area contributed by atoms with E-state index >= 15 is 0 Å². The maximum absolute atomic E-state index is 11.4. The number of carbonyl (C=O) groups is 1. The van der Waals surface area contributed by atoms with E-state index in [-0.39, 0.29) is 25.4 Å². The molecule has 0 aliphatic rings. The fourth-order valence-electron chi connectivity index (χ4n) is 0.854. The highest BCUT2D eigenvalue weighted by Gasteiger charge is 2.18. The van der Waals surface area contributed by atoms with Crippen LogP contribution in [0.3, 0.4) is 0 Å². The first-order valence-corrected chi connectivity index (χ1v) is 4.97. The minimum atomic E-state index is -0.614. The Kier molecular flexibility index (Phi) is 7.44. The Morgan fingerprint density at radius 3 is 2.13 bits per heavy atom. The lowest BCUT2D eigenvalue weighted by atomic mass is 10.3. The molecule has 0 unspecified atom stereocenters. The Morgan fingerprint density at radius 1 is 1.07 bits per heavy atom. The maximum Gasteiger partial charge on any atom is 0.343 e. The third-order valence-corrected chi connectivity index (χ3v) is 1.51. The summed E-state index contributed by atoms with van der Waals surface area (Å²) < 4.78 is 14.6. The van der Waals surface area contributed by atoms with E-state index in [4.69, 9.17) is 14.2 Å².